The van der Waals surface area contributed by atoms with Crippen LogP contribution in [0.2, 0.25) is 10.0 Å². The maximum absolute atomic E-state index is 12.8. The zero-order valence-electron chi connectivity index (χ0n) is 18.0. The second kappa shape index (κ2) is 11.0. The Balaban J connectivity index is 1.95. The van der Waals surface area contributed by atoms with E-state index in [2.05, 4.69) is 23.4 Å². The van der Waals surface area contributed by atoms with Gasteiger partial charge in [-0.1, -0.05) is 49.5 Å². The first kappa shape index (κ1) is 23.6. The Morgan fingerprint density at radius 3 is 2.42 bits per heavy atom. The third kappa shape index (κ3) is 5.59. The molecular formula is C24H26Cl2N2O2S. The Bertz CT molecular complexity index is 1120. The lowest BCUT2D eigenvalue weighted by Crippen LogP contribution is -2.17. The van der Waals surface area contributed by atoms with Gasteiger partial charge >= 0.3 is 0 Å². The molecule has 0 atom stereocenters. The van der Waals surface area contributed by atoms with E-state index in [9.17, 15) is 4.79 Å². The van der Waals surface area contributed by atoms with Crippen LogP contribution in [0.25, 0.3) is 11.3 Å². The highest BCUT2D eigenvalue weighted by molar-refractivity contribution is 7.09. The molecular weight excluding hydrogens is 451 g/mol. The molecule has 2 aromatic carbocycles. The van der Waals surface area contributed by atoms with Gasteiger partial charge in [0.15, 0.2) is 4.80 Å². The quantitative estimate of drug-likeness (QED) is 0.327. The number of thiazole rings is 1. The summed E-state index contributed by atoms with van der Waals surface area (Å²) in [6, 6.07) is 12.8. The van der Waals surface area contributed by atoms with Gasteiger partial charge < -0.3 is 9.30 Å². The van der Waals surface area contributed by atoms with Gasteiger partial charge in [-0.15, -0.1) is 11.3 Å². The van der Waals surface area contributed by atoms with E-state index >= 15 is 0 Å². The van der Waals surface area contributed by atoms with Gasteiger partial charge in [-0.25, -0.2) is 0 Å². The van der Waals surface area contributed by atoms with E-state index in [-0.39, 0.29) is 5.91 Å². The molecule has 1 heterocycles. The first-order chi connectivity index (χ1) is 15.0. The number of unbranched alkanes of at least 4 members (excludes halogenated alkanes) is 1. The first-order valence-corrected chi connectivity index (χ1v) is 12.1. The van der Waals surface area contributed by atoms with Crippen LogP contribution in [0.3, 0.4) is 0 Å². The number of rotatable bonds is 8. The molecule has 4 nitrogen and oxygen atoms in total. The van der Waals surface area contributed by atoms with Crippen molar-refractivity contribution in [3.8, 4) is 17.0 Å². The number of carbonyl (C=O) groups is 1. The minimum atomic E-state index is -0.271. The van der Waals surface area contributed by atoms with Gasteiger partial charge in [0.25, 0.3) is 5.91 Å². The predicted octanol–water partition coefficient (Wildman–Crippen LogP) is 7.03. The molecule has 1 aromatic heterocycles. The molecule has 0 unspecified atom stereocenters. The van der Waals surface area contributed by atoms with Crippen LogP contribution in [0.15, 0.2) is 47.5 Å². The van der Waals surface area contributed by atoms with E-state index in [1.54, 1.807) is 18.2 Å². The predicted molar refractivity (Wildman–Crippen MR) is 130 cm³/mol. The number of amides is 1. The normalized spacial score (nSPS) is 11.7. The van der Waals surface area contributed by atoms with E-state index in [1.807, 2.05) is 31.2 Å². The lowest BCUT2D eigenvalue weighted by Gasteiger charge is -2.09. The van der Waals surface area contributed by atoms with Gasteiger partial charge in [-0.05, 0) is 56.2 Å². The molecule has 0 fully saturated rings. The topological polar surface area (TPSA) is 43.6 Å². The number of hydrogen-bond donors (Lipinski definition) is 0. The van der Waals surface area contributed by atoms with Crippen LogP contribution in [-0.4, -0.2) is 17.1 Å². The van der Waals surface area contributed by atoms with Gasteiger partial charge in [0.05, 0.1) is 22.3 Å². The van der Waals surface area contributed by atoms with Crippen LogP contribution in [0.4, 0.5) is 0 Å². The smallest absolute Gasteiger partial charge is 0.279 e. The van der Waals surface area contributed by atoms with Gasteiger partial charge in [-0.2, -0.15) is 4.99 Å². The van der Waals surface area contributed by atoms with Crippen molar-refractivity contribution in [2.75, 3.05) is 6.61 Å². The Kier molecular flexibility index (Phi) is 8.35. The third-order valence-electron chi connectivity index (χ3n) is 4.87. The molecule has 0 saturated heterocycles. The number of ether oxygens (including phenoxy) is 1. The van der Waals surface area contributed by atoms with Crippen molar-refractivity contribution < 1.29 is 9.53 Å². The SMILES string of the molecule is CCCCOc1ccc(C(=O)N=c2sc(CC)c(-c3ccc(Cl)c(Cl)c3)n2CC)cc1. The average Bonchev–Trinajstić information content (AvgIpc) is 3.13. The number of carbonyl (C=O) groups excluding carboxylic acids is 1. The maximum atomic E-state index is 12.8. The molecule has 31 heavy (non-hydrogen) atoms. The van der Waals surface area contributed by atoms with Gasteiger partial charge in [0.1, 0.15) is 5.75 Å². The summed E-state index contributed by atoms with van der Waals surface area (Å²) in [6.45, 7) is 7.62. The molecule has 3 rings (SSSR count). The summed E-state index contributed by atoms with van der Waals surface area (Å²) < 4.78 is 7.73. The van der Waals surface area contributed by atoms with Crippen LogP contribution >= 0.6 is 34.5 Å². The number of aryl methyl sites for hydroxylation is 1. The van der Waals surface area contributed by atoms with Gasteiger partial charge in [0, 0.05) is 22.5 Å². The Morgan fingerprint density at radius 2 is 1.81 bits per heavy atom. The zero-order valence-corrected chi connectivity index (χ0v) is 20.3. The summed E-state index contributed by atoms with van der Waals surface area (Å²) in [4.78, 5) is 19.1. The number of nitrogens with zero attached hydrogens (tertiary/aromatic N) is 2. The Morgan fingerprint density at radius 1 is 1.06 bits per heavy atom. The first-order valence-electron chi connectivity index (χ1n) is 10.5. The Labute approximate surface area is 197 Å². The number of halogens is 2. The van der Waals surface area contributed by atoms with Crippen LogP contribution in [0.1, 0.15) is 48.8 Å². The van der Waals surface area contributed by atoms with Crippen molar-refractivity contribution in [1.82, 2.24) is 4.57 Å². The molecule has 7 heteroatoms. The van der Waals surface area contributed by atoms with Gasteiger partial charge in [0.2, 0.25) is 0 Å². The van der Waals surface area contributed by atoms with Crippen LogP contribution in [0.5, 0.6) is 5.75 Å². The highest BCUT2D eigenvalue weighted by Crippen LogP contribution is 2.32. The number of benzene rings is 2. The lowest BCUT2D eigenvalue weighted by atomic mass is 10.1. The summed E-state index contributed by atoms with van der Waals surface area (Å²) >= 11 is 13.9. The molecule has 3 aromatic rings. The molecule has 164 valence electrons. The molecule has 0 saturated carbocycles. The average molecular weight is 477 g/mol. The van der Waals surface area contributed by atoms with Crippen LogP contribution in [0, 0.1) is 0 Å². The summed E-state index contributed by atoms with van der Waals surface area (Å²) in [5.41, 5.74) is 2.53. The Hall–Kier alpha value is -2.08. The maximum Gasteiger partial charge on any atom is 0.279 e. The van der Waals surface area contributed by atoms with E-state index in [0.29, 0.717) is 33.6 Å². The minimum absolute atomic E-state index is 0.271. The second-order valence-electron chi connectivity index (χ2n) is 7.03. The van der Waals surface area contributed by atoms with Crippen molar-refractivity contribution in [3.63, 3.8) is 0 Å². The third-order valence-corrected chi connectivity index (χ3v) is 6.84. The van der Waals surface area contributed by atoms with Crippen molar-refractivity contribution in [2.24, 2.45) is 4.99 Å². The largest absolute Gasteiger partial charge is 0.494 e. The molecule has 0 N–H and O–H groups in total. The fourth-order valence-corrected chi connectivity index (χ4v) is 4.66. The van der Waals surface area contributed by atoms with Gasteiger partial charge in [-0.3, -0.25) is 4.79 Å². The molecule has 1 amide bonds. The minimum Gasteiger partial charge on any atom is -0.494 e. The molecule has 0 aliphatic rings. The second-order valence-corrected chi connectivity index (χ2v) is 8.90. The van der Waals surface area contributed by atoms with E-state index < -0.39 is 0 Å². The van der Waals surface area contributed by atoms with Crippen molar-refractivity contribution in [3.05, 3.63) is 67.8 Å². The zero-order chi connectivity index (χ0) is 22.4. The van der Waals surface area contributed by atoms with E-state index in [4.69, 9.17) is 27.9 Å². The molecule has 0 radical (unpaired) electrons. The number of aromatic nitrogens is 1. The van der Waals surface area contributed by atoms with Crippen molar-refractivity contribution in [1.29, 1.82) is 0 Å². The highest BCUT2D eigenvalue weighted by atomic mass is 35.5. The van der Waals surface area contributed by atoms with Crippen LogP contribution in [-0.2, 0) is 13.0 Å². The number of hydrogen-bond acceptors (Lipinski definition) is 3. The molecule has 0 bridgehead atoms. The molecule has 0 aliphatic carbocycles. The molecule has 0 aliphatic heterocycles. The molecule has 0 spiro atoms. The summed E-state index contributed by atoms with van der Waals surface area (Å²) in [5, 5.41) is 1.02. The standard InChI is InChI=1S/C24H26Cl2N2O2S/c1-4-7-14-30-18-11-8-16(9-12-18)23(29)27-24-28(6-3)22(21(5-2)31-24)17-10-13-19(25)20(26)15-17/h8-13,15H,4-7,14H2,1-3H3. The lowest BCUT2D eigenvalue weighted by molar-refractivity contribution is 0.0998. The summed E-state index contributed by atoms with van der Waals surface area (Å²) in [6.07, 6.45) is 2.91. The summed E-state index contributed by atoms with van der Waals surface area (Å²) in [7, 11) is 0. The monoisotopic (exact) mass is 476 g/mol. The fraction of sp³-hybridized carbons (Fsp3) is 0.333. The van der Waals surface area contributed by atoms with Crippen LogP contribution < -0.4 is 9.54 Å². The fourth-order valence-electron chi connectivity index (χ4n) is 3.22. The van der Waals surface area contributed by atoms with E-state index in [1.165, 1.54) is 11.3 Å². The van der Waals surface area contributed by atoms with Crippen molar-refractivity contribution >= 4 is 40.4 Å². The highest BCUT2D eigenvalue weighted by Gasteiger charge is 2.16. The summed E-state index contributed by atoms with van der Waals surface area (Å²) in [5.74, 6) is 0.492. The van der Waals surface area contributed by atoms with Crippen molar-refractivity contribution in [2.45, 2.75) is 46.6 Å². The van der Waals surface area contributed by atoms with E-state index in [0.717, 1.165) is 41.1 Å².